The summed E-state index contributed by atoms with van der Waals surface area (Å²) in [6.07, 6.45) is 7.00. The fraction of sp³-hybridized carbons (Fsp3) is 0.588. The lowest BCUT2D eigenvalue weighted by Gasteiger charge is -2.37. The lowest BCUT2D eigenvalue weighted by Crippen LogP contribution is -2.63. The second-order valence-electron chi connectivity index (χ2n) is 14.4. The van der Waals surface area contributed by atoms with Gasteiger partial charge in [0.05, 0.1) is 23.4 Å². The molecule has 0 spiro atoms. The van der Waals surface area contributed by atoms with E-state index in [1.165, 1.54) is 15.8 Å². The number of carbonyl (C=O) groups is 5. The number of rotatable bonds is 10. The van der Waals surface area contributed by atoms with Crippen molar-refractivity contribution >= 4 is 57.9 Å². The van der Waals surface area contributed by atoms with E-state index in [1.807, 2.05) is 0 Å². The van der Waals surface area contributed by atoms with E-state index in [9.17, 15) is 29.1 Å². The molecule has 3 aliphatic rings. The van der Waals surface area contributed by atoms with Crippen LogP contribution in [0, 0.1) is 5.92 Å². The average Bonchev–Trinajstić information content (AvgIpc) is 3.87. The zero-order valence-electron chi connectivity index (χ0n) is 29.1. The number of hydrogen-bond acceptors (Lipinski definition) is 11. The first-order valence-electron chi connectivity index (χ1n) is 17.4. The summed E-state index contributed by atoms with van der Waals surface area (Å²) in [5, 5.41) is 30.0. The molecule has 3 aromatic rings. The van der Waals surface area contributed by atoms with Crippen LogP contribution in [0.2, 0.25) is 0 Å². The number of aromatic nitrogens is 6. The molecular formula is C34H44N10O6S. The van der Waals surface area contributed by atoms with Crippen LogP contribution in [0.25, 0.3) is 11.0 Å². The van der Waals surface area contributed by atoms with Gasteiger partial charge in [-0.3, -0.25) is 24.0 Å². The highest BCUT2D eigenvalue weighted by Gasteiger charge is 2.49. The molecule has 2 atom stereocenters. The minimum atomic E-state index is -1.50. The number of Topliss-reactive ketones (excluding diaryl/α,β-unsaturated/α-hetero) is 1. The van der Waals surface area contributed by atoms with Crippen molar-refractivity contribution in [2.24, 2.45) is 23.7 Å². The predicted molar refractivity (Wildman–Crippen MR) is 188 cm³/mol. The fourth-order valence-corrected chi connectivity index (χ4v) is 8.66. The van der Waals surface area contributed by atoms with E-state index in [1.54, 1.807) is 55.5 Å². The minimum Gasteiger partial charge on any atom is -0.384 e. The average molecular weight is 721 g/mol. The molecule has 3 fully saturated rings. The van der Waals surface area contributed by atoms with Gasteiger partial charge < -0.3 is 21.1 Å². The van der Waals surface area contributed by atoms with Crippen LogP contribution in [0.15, 0.2) is 29.4 Å². The first kappa shape index (κ1) is 36.3. The first-order valence-corrected chi connectivity index (χ1v) is 18.5. The number of nitrogens with two attached hydrogens (primary N) is 1. The normalized spacial score (nSPS) is 21.5. The Morgan fingerprint density at radius 1 is 1.10 bits per heavy atom. The molecule has 2 saturated heterocycles. The smallest absolute Gasteiger partial charge is 0.287 e. The van der Waals surface area contributed by atoms with Gasteiger partial charge in [-0.05, 0) is 68.7 Å². The fourth-order valence-electron chi connectivity index (χ4n) is 7.47. The van der Waals surface area contributed by atoms with Crippen LogP contribution in [-0.4, -0.2) is 105 Å². The summed E-state index contributed by atoms with van der Waals surface area (Å²) in [5.74, 6) is -2.68. The molecule has 1 aliphatic carbocycles. The van der Waals surface area contributed by atoms with E-state index in [2.05, 4.69) is 30.9 Å². The third kappa shape index (κ3) is 7.59. The zero-order valence-corrected chi connectivity index (χ0v) is 29.9. The van der Waals surface area contributed by atoms with Gasteiger partial charge in [0.1, 0.15) is 28.4 Å². The van der Waals surface area contributed by atoms with Crippen molar-refractivity contribution in [3.8, 4) is 0 Å². The van der Waals surface area contributed by atoms with Gasteiger partial charge in [0, 0.05) is 25.6 Å². The number of fused-ring (bicyclic) bond motifs is 1. The molecule has 17 heteroatoms. The van der Waals surface area contributed by atoms with Crippen molar-refractivity contribution in [2.45, 2.75) is 94.9 Å². The van der Waals surface area contributed by atoms with Gasteiger partial charge >= 0.3 is 0 Å². The number of hydrogen-bond donors (Lipinski definition) is 3. The van der Waals surface area contributed by atoms with Crippen molar-refractivity contribution in [1.29, 1.82) is 0 Å². The highest BCUT2D eigenvalue weighted by Crippen LogP contribution is 2.35. The lowest BCUT2D eigenvalue weighted by molar-refractivity contribution is -0.143. The molecule has 2 aromatic heterocycles. The third-order valence-corrected chi connectivity index (χ3v) is 11.3. The Bertz CT molecular complexity index is 1870. The van der Waals surface area contributed by atoms with Gasteiger partial charge in [0.15, 0.2) is 0 Å². The van der Waals surface area contributed by atoms with Crippen molar-refractivity contribution in [3.05, 3.63) is 35.7 Å². The molecule has 2 aliphatic heterocycles. The zero-order chi connectivity index (χ0) is 36.5. The molecule has 1 saturated carbocycles. The number of thioether (sulfide) groups is 1. The summed E-state index contributed by atoms with van der Waals surface area (Å²) >= 11 is 1.60. The molecule has 0 unspecified atom stereocenters. The Kier molecular flexibility index (Phi) is 10.4. The number of carbonyl (C=O) groups excluding carboxylic acids is 5. The Morgan fingerprint density at radius 3 is 2.51 bits per heavy atom. The van der Waals surface area contributed by atoms with Crippen LogP contribution in [0.4, 0.5) is 0 Å². The molecule has 1 aromatic carbocycles. The maximum Gasteiger partial charge on any atom is 0.287 e. The largest absolute Gasteiger partial charge is 0.384 e. The molecule has 4 N–H and O–H groups in total. The number of likely N-dealkylation sites (tertiary alicyclic amines) is 1. The summed E-state index contributed by atoms with van der Waals surface area (Å²) < 4.78 is 3.10. The van der Waals surface area contributed by atoms with Gasteiger partial charge in [-0.2, -0.15) is 11.8 Å². The molecule has 4 amide bonds. The molecule has 51 heavy (non-hydrogen) atoms. The van der Waals surface area contributed by atoms with Gasteiger partial charge in [-0.1, -0.05) is 42.5 Å². The third-order valence-electron chi connectivity index (χ3n) is 10.3. The molecule has 0 bridgehead atoms. The van der Waals surface area contributed by atoms with E-state index in [0.717, 1.165) is 37.6 Å². The highest BCUT2D eigenvalue weighted by atomic mass is 32.2. The summed E-state index contributed by atoms with van der Waals surface area (Å²) in [4.78, 5) is 73.8. The minimum absolute atomic E-state index is 0.0145. The molecule has 272 valence electrons. The number of aliphatic hydroxyl groups is 1. The van der Waals surface area contributed by atoms with Crippen molar-refractivity contribution in [1.82, 2.24) is 40.2 Å². The Balaban J connectivity index is 1.37. The monoisotopic (exact) mass is 720 g/mol. The number of amides is 4. The standard InChI is InChI=1S/C34H44N10O6S/c1-33(2,50)27-18-36-40-44(27)22-17-26(31(48)38-34(28(45)29(35)46)11-13-51-14-12-34)43(19-22)32(49)24(15-20-7-5-4-6-8-20)37-30(47)21-9-10-25-23(16-21)39-41-42(25)3/h9-10,16,18,20,22,26,50H,4-8,11-15,17,19H2,1-3H3,(H2,35,46)(H,38,48)/b37-24+/t22-,26-/m0/s1. The van der Waals surface area contributed by atoms with Crippen LogP contribution in [0.5, 0.6) is 0 Å². The highest BCUT2D eigenvalue weighted by molar-refractivity contribution is 7.99. The van der Waals surface area contributed by atoms with Crippen LogP contribution >= 0.6 is 11.8 Å². The molecular weight excluding hydrogens is 677 g/mol. The topological polar surface area (TPSA) is 221 Å². The van der Waals surface area contributed by atoms with E-state index in [0.29, 0.717) is 22.7 Å². The second kappa shape index (κ2) is 14.6. The van der Waals surface area contributed by atoms with Gasteiger partial charge in [-0.15, -0.1) is 10.2 Å². The number of benzene rings is 1. The van der Waals surface area contributed by atoms with Crippen LogP contribution in [0.3, 0.4) is 0 Å². The number of ketones is 1. The molecule has 4 heterocycles. The summed E-state index contributed by atoms with van der Waals surface area (Å²) in [6.45, 7) is 3.16. The Morgan fingerprint density at radius 2 is 1.82 bits per heavy atom. The van der Waals surface area contributed by atoms with Gasteiger partial charge in [-0.25, -0.2) is 14.4 Å². The van der Waals surface area contributed by atoms with E-state index >= 15 is 0 Å². The first-order chi connectivity index (χ1) is 24.3. The van der Waals surface area contributed by atoms with Crippen LogP contribution in [-0.2, 0) is 31.8 Å². The van der Waals surface area contributed by atoms with Crippen LogP contribution in [0.1, 0.15) is 93.7 Å². The lowest BCUT2D eigenvalue weighted by atomic mass is 9.85. The Labute approximate surface area is 299 Å². The summed E-state index contributed by atoms with van der Waals surface area (Å²) in [6, 6.07) is 3.19. The molecule has 6 rings (SSSR count). The maximum atomic E-state index is 14.7. The van der Waals surface area contributed by atoms with Gasteiger partial charge in [0.2, 0.25) is 11.7 Å². The second-order valence-corrected chi connectivity index (χ2v) is 15.6. The van der Waals surface area contributed by atoms with Crippen molar-refractivity contribution < 1.29 is 29.1 Å². The van der Waals surface area contributed by atoms with E-state index < -0.39 is 52.6 Å². The number of aryl methyl sites for hydroxylation is 1. The number of nitrogens with one attached hydrogen (secondary N) is 1. The Hall–Kier alpha value is -4.51. The summed E-state index contributed by atoms with van der Waals surface area (Å²) in [5.41, 5.74) is 4.51. The summed E-state index contributed by atoms with van der Waals surface area (Å²) in [7, 11) is 1.74. The maximum absolute atomic E-state index is 14.7. The van der Waals surface area contributed by atoms with Crippen molar-refractivity contribution in [2.75, 3.05) is 18.1 Å². The SMILES string of the molecule is Cn1nnc2cc(C(=O)/N=C(\CC3CCCCC3)C(=O)N3C[C@@H](n4nncc4C(C)(C)O)C[C@H]3C(=O)NC3(C(=O)C(N)=O)CCSCC3)ccc21. The van der Waals surface area contributed by atoms with Gasteiger partial charge in [0.25, 0.3) is 17.7 Å². The predicted octanol–water partition coefficient (Wildman–Crippen LogP) is 1.62. The molecule has 16 nitrogen and oxygen atoms in total. The van der Waals surface area contributed by atoms with Crippen molar-refractivity contribution in [3.63, 3.8) is 0 Å². The van der Waals surface area contributed by atoms with Crippen LogP contribution < -0.4 is 11.1 Å². The number of nitrogens with zero attached hydrogens (tertiary/aromatic N) is 8. The quantitative estimate of drug-likeness (QED) is 0.202. The molecule has 0 radical (unpaired) electrons. The number of primary amides is 1. The van der Waals surface area contributed by atoms with E-state index in [-0.39, 0.29) is 49.4 Å². The van der Waals surface area contributed by atoms with E-state index in [4.69, 9.17) is 5.73 Å². The number of aliphatic imine (C=N–C) groups is 1.